The van der Waals surface area contributed by atoms with E-state index in [4.69, 9.17) is 0 Å². The van der Waals surface area contributed by atoms with E-state index in [1.807, 2.05) is 37.1 Å². The number of hydrogen-bond acceptors (Lipinski definition) is 3. The standard InChI is InChI=1S/C13H18N4/c1-11(2)16-8-13-7-15-10-17(13)9-12-3-5-14-6-4-12/h3-7,10-11,16H,8-9H2,1-2H3. The minimum atomic E-state index is 0.485. The minimum Gasteiger partial charge on any atom is -0.329 e. The summed E-state index contributed by atoms with van der Waals surface area (Å²) in [6.45, 7) is 5.98. The minimum absolute atomic E-state index is 0.485. The van der Waals surface area contributed by atoms with Gasteiger partial charge in [-0.2, -0.15) is 0 Å². The van der Waals surface area contributed by atoms with Gasteiger partial charge >= 0.3 is 0 Å². The molecule has 4 nitrogen and oxygen atoms in total. The summed E-state index contributed by atoms with van der Waals surface area (Å²) in [6.07, 6.45) is 7.42. The molecule has 0 saturated heterocycles. The molecule has 17 heavy (non-hydrogen) atoms. The fourth-order valence-electron chi connectivity index (χ4n) is 1.63. The van der Waals surface area contributed by atoms with Crippen molar-refractivity contribution in [1.29, 1.82) is 0 Å². The van der Waals surface area contributed by atoms with Gasteiger partial charge in [-0.25, -0.2) is 4.98 Å². The van der Waals surface area contributed by atoms with Gasteiger partial charge in [0.25, 0.3) is 0 Å². The summed E-state index contributed by atoms with van der Waals surface area (Å²) in [6, 6.07) is 4.54. The quantitative estimate of drug-likeness (QED) is 0.852. The van der Waals surface area contributed by atoms with Crippen molar-refractivity contribution in [3.63, 3.8) is 0 Å². The molecule has 0 aliphatic heterocycles. The van der Waals surface area contributed by atoms with E-state index in [-0.39, 0.29) is 0 Å². The lowest BCUT2D eigenvalue weighted by molar-refractivity contribution is 0.564. The predicted octanol–water partition coefficient (Wildman–Crippen LogP) is 1.82. The molecule has 2 heterocycles. The van der Waals surface area contributed by atoms with Crippen LogP contribution in [0.15, 0.2) is 37.1 Å². The molecule has 0 aromatic carbocycles. The van der Waals surface area contributed by atoms with Gasteiger partial charge in [0, 0.05) is 37.7 Å². The first-order valence-corrected chi connectivity index (χ1v) is 5.87. The van der Waals surface area contributed by atoms with E-state index >= 15 is 0 Å². The van der Waals surface area contributed by atoms with E-state index < -0.39 is 0 Å². The maximum absolute atomic E-state index is 4.20. The third kappa shape index (κ3) is 3.39. The summed E-state index contributed by atoms with van der Waals surface area (Å²) in [5.74, 6) is 0. The third-order valence-corrected chi connectivity index (χ3v) is 2.59. The lowest BCUT2D eigenvalue weighted by Crippen LogP contribution is -2.23. The van der Waals surface area contributed by atoms with E-state index in [1.165, 1.54) is 11.3 Å². The SMILES string of the molecule is CC(C)NCc1cncn1Cc1ccncc1. The van der Waals surface area contributed by atoms with Crippen LogP contribution >= 0.6 is 0 Å². The Kier molecular flexibility index (Phi) is 3.88. The maximum atomic E-state index is 4.20. The Morgan fingerprint density at radius 1 is 1.24 bits per heavy atom. The highest BCUT2D eigenvalue weighted by molar-refractivity contribution is 5.12. The number of rotatable bonds is 5. The number of hydrogen-bond donors (Lipinski definition) is 1. The zero-order valence-electron chi connectivity index (χ0n) is 10.3. The Bertz CT molecular complexity index is 447. The van der Waals surface area contributed by atoms with Crippen LogP contribution in [0, 0.1) is 0 Å². The van der Waals surface area contributed by atoms with E-state index in [2.05, 4.69) is 33.7 Å². The molecule has 0 unspecified atom stereocenters. The summed E-state index contributed by atoms with van der Waals surface area (Å²) < 4.78 is 2.16. The topological polar surface area (TPSA) is 42.7 Å². The van der Waals surface area contributed by atoms with Gasteiger partial charge in [0.05, 0.1) is 12.0 Å². The Balaban J connectivity index is 2.04. The number of nitrogens with one attached hydrogen (secondary N) is 1. The molecule has 0 aliphatic carbocycles. The normalized spacial score (nSPS) is 11.0. The average molecular weight is 230 g/mol. The summed E-state index contributed by atoms with van der Waals surface area (Å²) in [4.78, 5) is 8.22. The highest BCUT2D eigenvalue weighted by atomic mass is 15.1. The van der Waals surface area contributed by atoms with E-state index in [1.54, 1.807) is 0 Å². The smallest absolute Gasteiger partial charge is 0.0951 e. The van der Waals surface area contributed by atoms with Crippen LogP contribution in [-0.4, -0.2) is 20.6 Å². The molecule has 0 atom stereocenters. The number of imidazole rings is 1. The molecular formula is C13H18N4. The lowest BCUT2D eigenvalue weighted by Gasteiger charge is -2.11. The van der Waals surface area contributed by atoms with Crippen molar-refractivity contribution in [3.8, 4) is 0 Å². The predicted molar refractivity (Wildman–Crippen MR) is 67.5 cm³/mol. The van der Waals surface area contributed by atoms with Crippen LogP contribution in [0.5, 0.6) is 0 Å². The third-order valence-electron chi connectivity index (χ3n) is 2.59. The van der Waals surface area contributed by atoms with Gasteiger partial charge in [-0.1, -0.05) is 13.8 Å². The van der Waals surface area contributed by atoms with Gasteiger partial charge in [-0.05, 0) is 17.7 Å². The molecule has 0 spiro atoms. The molecule has 2 aromatic rings. The summed E-state index contributed by atoms with van der Waals surface area (Å²) in [5, 5.41) is 3.40. The van der Waals surface area contributed by atoms with Crippen molar-refractivity contribution in [1.82, 2.24) is 19.9 Å². The van der Waals surface area contributed by atoms with Crippen LogP contribution in [0.4, 0.5) is 0 Å². The van der Waals surface area contributed by atoms with Gasteiger partial charge in [0.2, 0.25) is 0 Å². The van der Waals surface area contributed by atoms with Gasteiger partial charge in [0.1, 0.15) is 0 Å². The fourth-order valence-corrected chi connectivity index (χ4v) is 1.63. The Labute approximate surface area is 102 Å². The van der Waals surface area contributed by atoms with Crippen LogP contribution < -0.4 is 5.32 Å². The second-order valence-corrected chi connectivity index (χ2v) is 4.40. The van der Waals surface area contributed by atoms with Crippen LogP contribution in [0.2, 0.25) is 0 Å². The highest BCUT2D eigenvalue weighted by Crippen LogP contribution is 2.05. The van der Waals surface area contributed by atoms with Crippen molar-refractivity contribution in [3.05, 3.63) is 48.3 Å². The summed E-state index contributed by atoms with van der Waals surface area (Å²) >= 11 is 0. The molecule has 2 rings (SSSR count). The fraction of sp³-hybridized carbons (Fsp3) is 0.385. The first-order chi connectivity index (χ1) is 8.25. The molecular weight excluding hydrogens is 212 g/mol. The first kappa shape index (κ1) is 11.8. The van der Waals surface area contributed by atoms with Crippen LogP contribution in [0.25, 0.3) is 0 Å². The van der Waals surface area contributed by atoms with Crippen molar-refractivity contribution in [2.45, 2.75) is 33.0 Å². The second kappa shape index (κ2) is 5.59. The average Bonchev–Trinajstić information content (AvgIpc) is 2.75. The van der Waals surface area contributed by atoms with Gasteiger partial charge in [-0.3, -0.25) is 4.98 Å². The number of pyridine rings is 1. The monoisotopic (exact) mass is 230 g/mol. The first-order valence-electron chi connectivity index (χ1n) is 5.87. The van der Waals surface area contributed by atoms with E-state index in [9.17, 15) is 0 Å². The van der Waals surface area contributed by atoms with Crippen molar-refractivity contribution >= 4 is 0 Å². The van der Waals surface area contributed by atoms with Gasteiger partial charge in [-0.15, -0.1) is 0 Å². The lowest BCUT2D eigenvalue weighted by atomic mass is 10.2. The van der Waals surface area contributed by atoms with Crippen LogP contribution in [0.3, 0.4) is 0 Å². The molecule has 0 bridgehead atoms. The largest absolute Gasteiger partial charge is 0.329 e. The second-order valence-electron chi connectivity index (χ2n) is 4.40. The molecule has 0 saturated carbocycles. The van der Waals surface area contributed by atoms with Crippen molar-refractivity contribution in [2.24, 2.45) is 0 Å². The zero-order chi connectivity index (χ0) is 12.1. The molecule has 4 heteroatoms. The Hall–Kier alpha value is -1.68. The van der Waals surface area contributed by atoms with Crippen molar-refractivity contribution in [2.75, 3.05) is 0 Å². The molecule has 0 amide bonds. The van der Waals surface area contributed by atoms with Gasteiger partial charge < -0.3 is 9.88 Å². The molecule has 1 N–H and O–H groups in total. The van der Waals surface area contributed by atoms with Crippen LogP contribution in [-0.2, 0) is 13.1 Å². The molecule has 90 valence electrons. The number of aromatic nitrogens is 3. The molecule has 0 fully saturated rings. The van der Waals surface area contributed by atoms with Gasteiger partial charge in [0.15, 0.2) is 0 Å². The van der Waals surface area contributed by atoms with E-state index in [0.29, 0.717) is 6.04 Å². The summed E-state index contributed by atoms with van der Waals surface area (Å²) in [7, 11) is 0. The van der Waals surface area contributed by atoms with E-state index in [0.717, 1.165) is 13.1 Å². The zero-order valence-corrected chi connectivity index (χ0v) is 10.3. The number of nitrogens with zero attached hydrogens (tertiary/aromatic N) is 3. The Morgan fingerprint density at radius 2 is 2.00 bits per heavy atom. The Morgan fingerprint density at radius 3 is 2.71 bits per heavy atom. The highest BCUT2D eigenvalue weighted by Gasteiger charge is 2.03. The molecule has 2 aromatic heterocycles. The van der Waals surface area contributed by atoms with Crippen molar-refractivity contribution < 1.29 is 0 Å². The maximum Gasteiger partial charge on any atom is 0.0951 e. The summed E-state index contributed by atoms with van der Waals surface area (Å²) in [5.41, 5.74) is 2.44. The molecule has 0 aliphatic rings. The molecule has 0 radical (unpaired) electrons. The van der Waals surface area contributed by atoms with Crippen LogP contribution in [0.1, 0.15) is 25.1 Å².